The standard InChI is InChI=1S/C7H9NO.Na.H/c1-8(9)7-5-3-2-4-6-7;;/h2-6,9H,1H3;;/q;+1;-1. The van der Waals surface area contributed by atoms with Crippen LogP contribution < -0.4 is 34.6 Å². The van der Waals surface area contributed by atoms with E-state index >= 15 is 0 Å². The van der Waals surface area contributed by atoms with E-state index in [0.717, 1.165) is 10.8 Å². The third-order valence-corrected chi connectivity index (χ3v) is 1.13. The summed E-state index contributed by atoms with van der Waals surface area (Å²) in [6, 6.07) is 9.33. The molecule has 0 amide bonds. The van der Waals surface area contributed by atoms with E-state index in [1.807, 2.05) is 30.3 Å². The summed E-state index contributed by atoms with van der Waals surface area (Å²) in [5.41, 5.74) is 0.803. The van der Waals surface area contributed by atoms with Crippen molar-refractivity contribution in [2.75, 3.05) is 12.1 Å². The predicted molar refractivity (Wildman–Crippen MR) is 37.7 cm³/mol. The van der Waals surface area contributed by atoms with Crippen LogP contribution in [0.1, 0.15) is 1.43 Å². The number of nitrogens with zero attached hydrogens (tertiary/aromatic N) is 1. The summed E-state index contributed by atoms with van der Waals surface area (Å²) in [5, 5.41) is 9.94. The minimum Gasteiger partial charge on any atom is -1.00 e. The van der Waals surface area contributed by atoms with Gasteiger partial charge in [-0.2, -0.15) is 0 Å². The van der Waals surface area contributed by atoms with Gasteiger partial charge in [0.25, 0.3) is 0 Å². The third kappa shape index (κ3) is 2.71. The van der Waals surface area contributed by atoms with Crippen molar-refractivity contribution in [3.05, 3.63) is 30.3 Å². The molecule has 0 saturated carbocycles. The molecule has 3 heteroatoms. The molecule has 0 atom stereocenters. The van der Waals surface area contributed by atoms with Crippen LogP contribution in [0.4, 0.5) is 5.69 Å². The van der Waals surface area contributed by atoms with Crippen LogP contribution in [0.25, 0.3) is 0 Å². The Bertz CT molecular complexity index is 181. The van der Waals surface area contributed by atoms with Crippen LogP contribution >= 0.6 is 0 Å². The van der Waals surface area contributed by atoms with Crippen molar-refractivity contribution in [2.45, 2.75) is 0 Å². The normalized spacial score (nSPS) is 8.20. The van der Waals surface area contributed by atoms with Crippen LogP contribution in [-0.4, -0.2) is 12.3 Å². The molecular formula is C7H10NNaO. The Morgan fingerprint density at radius 2 is 1.80 bits per heavy atom. The van der Waals surface area contributed by atoms with Crippen LogP contribution in [0.2, 0.25) is 0 Å². The van der Waals surface area contributed by atoms with E-state index in [0.29, 0.717) is 0 Å². The van der Waals surface area contributed by atoms with E-state index in [-0.39, 0.29) is 31.0 Å². The monoisotopic (exact) mass is 147 g/mol. The molecule has 0 aliphatic carbocycles. The number of hydroxylamine groups is 1. The summed E-state index contributed by atoms with van der Waals surface area (Å²) >= 11 is 0. The van der Waals surface area contributed by atoms with Crippen LogP contribution in [-0.2, 0) is 0 Å². The maximum atomic E-state index is 8.86. The average molecular weight is 147 g/mol. The van der Waals surface area contributed by atoms with Gasteiger partial charge in [-0.25, -0.2) is 0 Å². The van der Waals surface area contributed by atoms with Gasteiger partial charge in [0, 0.05) is 7.05 Å². The van der Waals surface area contributed by atoms with Crippen molar-refractivity contribution in [3.63, 3.8) is 0 Å². The van der Waals surface area contributed by atoms with Gasteiger partial charge >= 0.3 is 29.6 Å². The smallest absolute Gasteiger partial charge is 1.00 e. The fourth-order valence-corrected chi connectivity index (χ4v) is 0.644. The summed E-state index contributed by atoms with van der Waals surface area (Å²) in [5.74, 6) is 0. The molecule has 50 valence electrons. The van der Waals surface area contributed by atoms with Crippen LogP contribution in [0.3, 0.4) is 0 Å². The van der Waals surface area contributed by atoms with Gasteiger partial charge in [0.2, 0.25) is 0 Å². The molecule has 1 aromatic carbocycles. The van der Waals surface area contributed by atoms with Crippen molar-refractivity contribution in [2.24, 2.45) is 0 Å². The topological polar surface area (TPSA) is 23.5 Å². The first kappa shape index (κ1) is 9.98. The van der Waals surface area contributed by atoms with E-state index in [1.54, 1.807) is 7.05 Å². The minimum atomic E-state index is 0. The van der Waals surface area contributed by atoms with Gasteiger partial charge in [0.15, 0.2) is 0 Å². The summed E-state index contributed by atoms with van der Waals surface area (Å²) in [4.78, 5) is 0. The van der Waals surface area contributed by atoms with Crippen LogP contribution in [0.5, 0.6) is 0 Å². The number of rotatable bonds is 1. The van der Waals surface area contributed by atoms with E-state index in [2.05, 4.69) is 0 Å². The van der Waals surface area contributed by atoms with E-state index in [9.17, 15) is 0 Å². The fourth-order valence-electron chi connectivity index (χ4n) is 0.644. The molecule has 2 nitrogen and oxygen atoms in total. The number of benzene rings is 1. The molecule has 0 unspecified atom stereocenters. The Hall–Kier alpha value is -0.0200. The summed E-state index contributed by atoms with van der Waals surface area (Å²) < 4.78 is 0. The number of para-hydroxylation sites is 1. The Labute approximate surface area is 84.2 Å². The Kier molecular flexibility index (Phi) is 4.73. The van der Waals surface area contributed by atoms with Crippen LogP contribution in [0, 0.1) is 0 Å². The van der Waals surface area contributed by atoms with Crippen molar-refractivity contribution < 1.29 is 36.2 Å². The average Bonchev–Trinajstić information content (AvgIpc) is 1.90. The summed E-state index contributed by atoms with van der Waals surface area (Å²) in [7, 11) is 1.59. The molecule has 1 rings (SSSR count). The Balaban J connectivity index is 0. The first-order chi connectivity index (χ1) is 4.30. The Morgan fingerprint density at radius 1 is 1.30 bits per heavy atom. The molecule has 0 aliphatic heterocycles. The number of hydrogen-bond acceptors (Lipinski definition) is 2. The molecule has 10 heavy (non-hydrogen) atoms. The van der Waals surface area contributed by atoms with Crippen molar-refractivity contribution in [3.8, 4) is 0 Å². The van der Waals surface area contributed by atoms with Gasteiger partial charge in [0.05, 0.1) is 5.69 Å². The summed E-state index contributed by atoms with van der Waals surface area (Å²) in [6.07, 6.45) is 0. The van der Waals surface area contributed by atoms with Gasteiger partial charge in [-0.3, -0.25) is 10.3 Å². The minimum absolute atomic E-state index is 0. The SMILES string of the molecule is CN(O)c1ccccc1.[H-].[Na+]. The van der Waals surface area contributed by atoms with Gasteiger partial charge in [-0.15, -0.1) is 0 Å². The first-order valence-corrected chi connectivity index (χ1v) is 2.78. The molecule has 1 aromatic rings. The maximum absolute atomic E-state index is 8.86. The molecule has 0 spiro atoms. The molecular weight excluding hydrogens is 137 g/mol. The molecule has 0 fully saturated rings. The van der Waals surface area contributed by atoms with Crippen molar-refractivity contribution in [1.29, 1.82) is 0 Å². The largest absolute Gasteiger partial charge is 1.00 e. The van der Waals surface area contributed by atoms with Gasteiger partial charge < -0.3 is 1.43 Å². The third-order valence-electron chi connectivity index (χ3n) is 1.13. The second-order valence-electron chi connectivity index (χ2n) is 1.86. The molecule has 0 bridgehead atoms. The van der Waals surface area contributed by atoms with Crippen molar-refractivity contribution in [1.82, 2.24) is 0 Å². The zero-order valence-corrected chi connectivity index (χ0v) is 8.28. The zero-order valence-electron chi connectivity index (χ0n) is 7.28. The Morgan fingerprint density at radius 3 is 2.10 bits per heavy atom. The predicted octanol–water partition coefficient (Wildman–Crippen LogP) is -1.37. The van der Waals surface area contributed by atoms with E-state index in [1.165, 1.54) is 0 Å². The molecule has 1 N–H and O–H groups in total. The quantitative estimate of drug-likeness (QED) is 0.391. The number of anilines is 1. The molecule has 0 heterocycles. The summed E-state index contributed by atoms with van der Waals surface area (Å²) in [6.45, 7) is 0. The van der Waals surface area contributed by atoms with E-state index < -0.39 is 0 Å². The van der Waals surface area contributed by atoms with Crippen molar-refractivity contribution >= 4 is 5.69 Å². The van der Waals surface area contributed by atoms with Gasteiger partial charge in [-0.1, -0.05) is 18.2 Å². The fraction of sp³-hybridized carbons (Fsp3) is 0.143. The van der Waals surface area contributed by atoms with Crippen LogP contribution in [0.15, 0.2) is 30.3 Å². The van der Waals surface area contributed by atoms with Gasteiger partial charge in [0.1, 0.15) is 0 Å². The second kappa shape index (κ2) is 4.74. The second-order valence-corrected chi connectivity index (χ2v) is 1.86. The van der Waals surface area contributed by atoms with E-state index in [4.69, 9.17) is 5.21 Å². The first-order valence-electron chi connectivity index (χ1n) is 2.78. The maximum Gasteiger partial charge on any atom is 1.00 e. The zero-order chi connectivity index (χ0) is 6.69. The molecule has 0 radical (unpaired) electrons. The van der Waals surface area contributed by atoms with Gasteiger partial charge in [-0.05, 0) is 12.1 Å². The molecule has 0 saturated heterocycles. The molecule has 0 aliphatic rings. The number of hydrogen-bond donors (Lipinski definition) is 1. The molecule has 0 aromatic heterocycles.